The van der Waals surface area contributed by atoms with E-state index >= 15 is 0 Å². The first-order valence-electron chi connectivity index (χ1n) is 11.3. The zero-order valence-corrected chi connectivity index (χ0v) is 22.7. The Morgan fingerprint density at radius 3 is 2.64 bits per heavy atom. The van der Waals surface area contributed by atoms with Gasteiger partial charge in [0, 0.05) is 9.92 Å². The highest BCUT2D eigenvalue weighted by molar-refractivity contribution is 9.10. The number of thioether (sulfide) groups is 1. The lowest BCUT2D eigenvalue weighted by Crippen LogP contribution is -2.19. The van der Waals surface area contributed by atoms with Crippen molar-refractivity contribution in [2.24, 2.45) is 5.10 Å². The lowest BCUT2D eigenvalue weighted by molar-refractivity contribution is -0.118. The minimum absolute atomic E-state index is 0.203. The summed E-state index contributed by atoms with van der Waals surface area (Å²) in [6, 6.07) is 25.5. The van der Waals surface area contributed by atoms with E-state index < -0.39 is 0 Å². The molecule has 0 radical (unpaired) electrons. The number of hydrogen-bond acceptors (Lipinski definition) is 5. The fourth-order valence-corrected chi connectivity index (χ4v) is 4.92. The minimum Gasteiger partial charge on any atom is -0.490 e. The molecule has 36 heavy (non-hydrogen) atoms. The van der Waals surface area contributed by atoms with Crippen molar-refractivity contribution in [3.8, 4) is 11.5 Å². The molecule has 0 atom stereocenters. The molecule has 0 saturated heterocycles. The summed E-state index contributed by atoms with van der Waals surface area (Å²) in [7, 11) is 0. The summed E-state index contributed by atoms with van der Waals surface area (Å²) in [6.07, 6.45) is 1.58. The second-order valence-corrected chi connectivity index (χ2v) is 10.1. The van der Waals surface area contributed by atoms with Gasteiger partial charge in [-0.2, -0.15) is 5.10 Å². The molecule has 0 heterocycles. The summed E-state index contributed by atoms with van der Waals surface area (Å²) in [5.41, 5.74) is 4.41. The smallest absolute Gasteiger partial charge is 0.250 e. The Bertz CT molecular complexity index is 1370. The van der Waals surface area contributed by atoms with Gasteiger partial charge in [0.25, 0.3) is 0 Å². The number of amides is 1. The first-order valence-corrected chi connectivity index (χ1v) is 13.4. The van der Waals surface area contributed by atoms with E-state index in [0.29, 0.717) is 29.7 Å². The molecule has 0 fully saturated rings. The summed E-state index contributed by atoms with van der Waals surface area (Å²) in [5.74, 6) is 1.25. The molecule has 0 aliphatic carbocycles. The molecule has 1 N–H and O–H groups in total. The average Bonchev–Trinajstić information content (AvgIpc) is 2.88. The molecule has 4 rings (SSSR count). The largest absolute Gasteiger partial charge is 0.490 e. The topological polar surface area (TPSA) is 59.9 Å². The number of ether oxygens (including phenoxy) is 2. The van der Waals surface area contributed by atoms with Crippen LogP contribution in [0.1, 0.15) is 18.1 Å². The Morgan fingerprint density at radius 1 is 1.06 bits per heavy atom. The van der Waals surface area contributed by atoms with Crippen molar-refractivity contribution in [3.63, 3.8) is 0 Å². The van der Waals surface area contributed by atoms with Crippen LogP contribution in [0.2, 0.25) is 5.02 Å². The molecule has 8 heteroatoms. The van der Waals surface area contributed by atoms with Crippen molar-refractivity contribution < 1.29 is 14.3 Å². The molecule has 4 aromatic rings. The molecule has 0 aliphatic heterocycles. The molecular formula is C28H24BrClN2O3S. The summed E-state index contributed by atoms with van der Waals surface area (Å²) >= 11 is 10.9. The van der Waals surface area contributed by atoms with E-state index in [0.717, 1.165) is 25.9 Å². The summed E-state index contributed by atoms with van der Waals surface area (Å²) in [4.78, 5) is 13.1. The number of nitrogens with one attached hydrogen (secondary N) is 1. The summed E-state index contributed by atoms with van der Waals surface area (Å²) in [5, 5.41) is 7.08. The second-order valence-electron chi connectivity index (χ2n) is 7.73. The highest BCUT2D eigenvalue weighted by atomic mass is 79.9. The molecule has 0 saturated carbocycles. The van der Waals surface area contributed by atoms with Crippen LogP contribution in [0.5, 0.6) is 11.5 Å². The van der Waals surface area contributed by atoms with Gasteiger partial charge in [-0.05, 0) is 81.2 Å². The third-order valence-corrected chi connectivity index (χ3v) is 7.02. The van der Waals surface area contributed by atoms with E-state index in [4.69, 9.17) is 21.1 Å². The van der Waals surface area contributed by atoms with Crippen molar-refractivity contribution in [1.82, 2.24) is 5.43 Å². The van der Waals surface area contributed by atoms with Crippen LogP contribution in [0.25, 0.3) is 10.8 Å². The number of rotatable bonds is 10. The van der Waals surface area contributed by atoms with Crippen LogP contribution >= 0.6 is 39.3 Å². The van der Waals surface area contributed by atoms with E-state index in [1.54, 1.807) is 18.3 Å². The zero-order chi connectivity index (χ0) is 25.3. The van der Waals surface area contributed by atoms with Crippen LogP contribution in [-0.4, -0.2) is 24.5 Å². The molecule has 0 bridgehead atoms. The normalized spacial score (nSPS) is 11.1. The number of carbonyl (C=O) groups is 1. The predicted molar refractivity (Wildman–Crippen MR) is 152 cm³/mol. The van der Waals surface area contributed by atoms with Crippen molar-refractivity contribution in [2.75, 3.05) is 12.4 Å². The van der Waals surface area contributed by atoms with E-state index in [1.807, 2.05) is 49.4 Å². The lowest BCUT2D eigenvalue weighted by Gasteiger charge is -2.15. The van der Waals surface area contributed by atoms with Gasteiger partial charge in [0.05, 0.1) is 23.0 Å². The van der Waals surface area contributed by atoms with Crippen molar-refractivity contribution in [1.29, 1.82) is 0 Å². The number of carbonyl (C=O) groups excluding carboxylic acids is 1. The Labute approximate surface area is 228 Å². The number of benzene rings is 4. The number of hydrogen-bond donors (Lipinski definition) is 1. The molecule has 0 aromatic heterocycles. The molecular weight excluding hydrogens is 560 g/mol. The standard InChI is InChI=1S/C28H24BrClN2O3S/c1-2-34-26-15-19(16-31-32-27(33)18-36-23-12-10-22(30)11-13-23)14-25(29)28(26)35-17-21-8-5-7-20-6-3-4-9-24(20)21/h3-16H,2,17-18H2,1H3,(H,32,33)/b31-16-. The van der Waals surface area contributed by atoms with Crippen LogP contribution < -0.4 is 14.9 Å². The second kappa shape index (κ2) is 12.8. The molecule has 184 valence electrons. The molecule has 0 spiro atoms. The van der Waals surface area contributed by atoms with Crippen LogP contribution in [0.4, 0.5) is 0 Å². The van der Waals surface area contributed by atoms with E-state index in [1.165, 1.54) is 17.1 Å². The van der Waals surface area contributed by atoms with Gasteiger partial charge in [-0.3, -0.25) is 4.79 Å². The van der Waals surface area contributed by atoms with Gasteiger partial charge < -0.3 is 9.47 Å². The van der Waals surface area contributed by atoms with Crippen LogP contribution in [0.3, 0.4) is 0 Å². The average molecular weight is 584 g/mol. The van der Waals surface area contributed by atoms with E-state index in [9.17, 15) is 4.79 Å². The first-order chi connectivity index (χ1) is 17.5. The van der Waals surface area contributed by atoms with Crippen molar-refractivity contribution in [2.45, 2.75) is 18.4 Å². The fourth-order valence-electron chi connectivity index (χ4n) is 3.52. The zero-order valence-electron chi connectivity index (χ0n) is 19.5. The third kappa shape index (κ3) is 7.03. The summed E-state index contributed by atoms with van der Waals surface area (Å²) in [6.45, 7) is 2.80. The fraction of sp³-hybridized carbons (Fsp3) is 0.143. The maximum atomic E-state index is 12.2. The third-order valence-electron chi connectivity index (χ3n) is 5.17. The Kier molecular flexibility index (Phi) is 9.28. The number of nitrogens with zero attached hydrogens (tertiary/aromatic N) is 1. The Morgan fingerprint density at radius 2 is 1.83 bits per heavy atom. The number of hydrazone groups is 1. The molecule has 0 unspecified atom stereocenters. The van der Waals surface area contributed by atoms with Crippen LogP contribution in [0.15, 0.2) is 93.3 Å². The van der Waals surface area contributed by atoms with Gasteiger partial charge in [-0.15, -0.1) is 11.8 Å². The maximum absolute atomic E-state index is 12.2. The first kappa shape index (κ1) is 26.1. The highest BCUT2D eigenvalue weighted by Crippen LogP contribution is 2.37. The number of fused-ring (bicyclic) bond motifs is 1. The quantitative estimate of drug-likeness (QED) is 0.119. The van der Waals surface area contributed by atoms with Crippen molar-refractivity contribution >= 4 is 62.2 Å². The minimum atomic E-state index is -0.203. The monoisotopic (exact) mass is 582 g/mol. The molecule has 4 aromatic carbocycles. The Hall–Kier alpha value is -3.00. The summed E-state index contributed by atoms with van der Waals surface area (Å²) < 4.78 is 12.8. The van der Waals surface area contributed by atoms with Crippen LogP contribution in [-0.2, 0) is 11.4 Å². The van der Waals surface area contributed by atoms with Gasteiger partial charge in [0.1, 0.15) is 6.61 Å². The molecule has 5 nitrogen and oxygen atoms in total. The Balaban J connectivity index is 1.40. The number of halogens is 2. The van der Waals surface area contributed by atoms with Gasteiger partial charge in [0.2, 0.25) is 5.91 Å². The molecule has 0 aliphatic rings. The highest BCUT2D eigenvalue weighted by Gasteiger charge is 2.13. The van der Waals surface area contributed by atoms with Gasteiger partial charge in [-0.1, -0.05) is 54.1 Å². The van der Waals surface area contributed by atoms with E-state index in [-0.39, 0.29) is 11.7 Å². The van der Waals surface area contributed by atoms with Gasteiger partial charge in [-0.25, -0.2) is 5.43 Å². The maximum Gasteiger partial charge on any atom is 0.250 e. The van der Waals surface area contributed by atoms with Gasteiger partial charge in [0.15, 0.2) is 11.5 Å². The predicted octanol–water partition coefficient (Wildman–Crippen LogP) is 7.48. The van der Waals surface area contributed by atoms with E-state index in [2.05, 4.69) is 50.7 Å². The lowest BCUT2D eigenvalue weighted by atomic mass is 10.1. The van der Waals surface area contributed by atoms with Crippen molar-refractivity contribution in [3.05, 3.63) is 99.5 Å². The van der Waals surface area contributed by atoms with Gasteiger partial charge >= 0.3 is 0 Å². The molecule has 1 amide bonds. The van der Waals surface area contributed by atoms with Crippen LogP contribution in [0, 0.1) is 0 Å². The SMILES string of the molecule is CCOc1cc(/C=N\NC(=O)CSc2ccc(Cl)cc2)cc(Br)c1OCc1cccc2ccccc12.